The third-order valence-corrected chi connectivity index (χ3v) is 4.02. The monoisotopic (exact) mass is 330 g/mol. The fourth-order valence-corrected chi connectivity index (χ4v) is 2.66. The molecule has 0 bridgehead atoms. The van der Waals surface area contributed by atoms with Crippen LogP contribution in [0.4, 0.5) is 5.69 Å². The highest BCUT2D eigenvalue weighted by Crippen LogP contribution is 2.22. The number of tetrazole rings is 1. The van der Waals surface area contributed by atoms with E-state index in [0.29, 0.717) is 28.9 Å². The van der Waals surface area contributed by atoms with Gasteiger partial charge < -0.3 is 5.32 Å². The van der Waals surface area contributed by atoms with Crippen molar-refractivity contribution in [3.63, 3.8) is 0 Å². The van der Waals surface area contributed by atoms with Crippen molar-refractivity contribution in [3.05, 3.63) is 29.8 Å². The van der Waals surface area contributed by atoms with Crippen LogP contribution in [0.2, 0.25) is 0 Å². The summed E-state index contributed by atoms with van der Waals surface area (Å²) in [5.74, 6) is 0.250. The van der Waals surface area contributed by atoms with Gasteiger partial charge in [0.05, 0.1) is 16.9 Å². The molecular weight excluding hydrogens is 312 g/mol. The van der Waals surface area contributed by atoms with Gasteiger partial charge in [-0.05, 0) is 41.5 Å². The van der Waals surface area contributed by atoms with E-state index >= 15 is 0 Å². The van der Waals surface area contributed by atoms with Crippen LogP contribution in [0, 0.1) is 17.2 Å². The predicted octanol–water partition coefficient (Wildman–Crippen LogP) is 2.32. The lowest BCUT2D eigenvalue weighted by Gasteiger charge is -2.12. The summed E-state index contributed by atoms with van der Waals surface area (Å²) in [6, 6.07) is 8.85. The van der Waals surface area contributed by atoms with Gasteiger partial charge in [-0.2, -0.15) is 5.26 Å². The van der Waals surface area contributed by atoms with E-state index in [0.717, 1.165) is 0 Å². The number of amides is 1. The van der Waals surface area contributed by atoms with E-state index in [9.17, 15) is 4.79 Å². The Balaban J connectivity index is 2.00. The van der Waals surface area contributed by atoms with Gasteiger partial charge in [-0.15, -0.1) is 5.10 Å². The number of aromatic nitrogens is 4. The lowest BCUT2D eigenvalue weighted by Crippen LogP contribution is -2.23. The Morgan fingerprint density at radius 1 is 1.43 bits per heavy atom. The zero-order chi connectivity index (χ0) is 16.8. The van der Waals surface area contributed by atoms with E-state index < -0.39 is 0 Å². The molecule has 0 aliphatic carbocycles. The van der Waals surface area contributed by atoms with Crippen LogP contribution in [0.25, 0.3) is 0 Å². The van der Waals surface area contributed by atoms with Gasteiger partial charge in [0.2, 0.25) is 11.1 Å². The number of nitriles is 1. The zero-order valence-corrected chi connectivity index (χ0v) is 14.0. The van der Waals surface area contributed by atoms with Gasteiger partial charge in [0, 0.05) is 12.2 Å². The molecule has 1 atom stereocenters. The smallest absolute Gasteiger partial charge is 0.237 e. The van der Waals surface area contributed by atoms with Crippen LogP contribution >= 0.6 is 11.8 Å². The second kappa shape index (κ2) is 7.74. The van der Waals surface area contributed by atoms with Crippen molar-refractivity contribution < 1.29 is 4.79 Å². The van der Waals surface area contributed by atoms with Gasteiger partial charge in [-0.25, -0.2) is 4.68 Å². The molecule has 0 radical (unpaired) electrons. The molecule has 0 saturated heterocycles. The first-order chi connectivity index (χ1) is 11.0. The normalized spacial score (nSPS) is 12.0. The summed E-state index contributed by atoms with van der Waals surface area (Å²) in [5.41, 5.74) is 1.10. The number of carbonyl (C=O) groups excluding carboxylic acids is 1. The van der Waals surface area contributed by atoms with Crippen molar-refractivity contribution in [1.82, 2.24) is 20.2 Å². The SMILES string of the molecule is CC(C)Cn1nnnc1SC(C)C(=O)Nc1cccc(C#N)c1. The van der Waals surface area contributed by atoms with E-state index in [1.54, 1.807) is 35.9 Å². The highest BCUT2D eigenvalue weighted by Gasteiger charge is 2.19. The van der Waals surface area contributed by atoms with Crippen LogP contribution in [0.15, 0.2) is 29.4 Å². The molecular formula is C15H18N6OS. The number of nitrogens with one attached hydrogen (secondary N) is 1. The van der Waals surface area contributed by atoms with Crippen LogP contribution in [-0.4, -0.2) is 31.4 Å². The van der Waals surface area contributed by atoms with Gasteiger partial charge in [-0.3, -0.25) is 4.79 Å². The molecule has 0 saturated carbocycles. The molecule has 1 amide bonds. The Morgan fingerprint density at radius 3 is 2.91 bits per heavy atom. The Labute approximate surface area is 139 Å². The molecule has 2 aromatic rings. The van der Waals surface area contributed by atoms with Crippen molar-refractivity contribution in [2.24, 2.45) is 5.92 Å². The van der Waals surface area contributed by atoms with Gasteiger partial charge in [0.1, 0.15) is 0 Å². The molecule has 1 heterocycles. The summed E-state index contributed by atoms with van der Waals surface area (Å²) in [5, 5.41) is 23.5. The molecule has 120 valence electrons. The number of rotatable bonds is 6. The average Bonchev–Trinajstić information content (AvgIpc) is 2.93. The summed E-state index contributed by atoms with van der Waals surface area (Å²) >= 11 is 1.31. The van der Waals surface area contributed by atoms with E-state index in [1.165, 1.54) is 11.8 Å². The maximum absolute atomic E-state index is 12.3. The van der Waals surface area contributed by atoms with Crippen molar-refractivity contribution in [1.29, 1.82) is 5.26 Å². The molecule has 23 heavy (non-hydrogen) atoms. The first-order valence-electron chi connectivity index (χ1n) is 7.23. The van der Waals surface area contributed by atoms with Crippen LogP contribution in [0.3, 0.4) is 0 Å². The summed E-state index contributed by atoms with van der Waals surface area (Å²) in [6.45, 7) is 6.65. The van der Waals surface area contributed by atoms with Crippen molar-refractivity contribution >= 4 is 23.4 Å². The minimum atomic E-state index is -0.363. The summed E-state index contributed by atoms with van der Waals surface area (Å²) < 4.78 is 1.70. The number of carbonyl (C=O) groups is 1. The van der Waals surface area contributed by atoms with Crippen LogP contribution in [0.5, 0.6) is 0 Å². The molecule has 1 N–H and O–H groups in total. The maximum Gasteiger partial charge on any atom is 0.237 e. The van der Waals surface area contributed by atoms with Gasteiger partial charge in [-0.1, -0.05) is 31.7 Å². The Morgan fingerprint density at radius 2 is 2.22 bits per heavy atom. The third kappa shape index (κ3) is 4.79. The van der Waals surface area contributed by atoms with Crippen LogP contribution in [0.1, 0.15) is 26.3 Å². The number of hydrogen-bond donors (Lipinski definition) is 1. The number of hydrogen-bond acceptors (Lipinski definition) is 6. The van der Waals surface area contributed by atoms with Crippen molar-refractivity contribution in [3.8, 4) is 6.07 Å². The summed E-state index contributed by atoms with van der Waals surface area (Å²) in [6.07, 6.45) is 0. The molecule has 7 nitrogen and oxygen atoms in total. The molecule has 2 rings (SSSR count). The molecule has 0 aliphatic heterocycles. The maximum atomic E-state index is 12.3. The number of anilines is 1. The van der Waals surface area contributed by atoms with E-state index in [4.69, 9.17) is 5.26 Å². The molecule has 0 spiro atoms. The van der Waals surface area contributed by atoms with Crippen LogP contribution in [-0.2, 0) is 11.3 Å². The highest BCUT2D eigenvalue weighted by atomic mass is 32.2. The van der Waals surface area contributed by atoms with Gasteiger partial charge in [0.25, 0.3) is 0 Å². The second-order valence-electron chi connectivity index (χ2n) is 5.48. The molecule has 1 unspecified atom stereocenters. The summed E-state index contributed by atoms with van der Waals surface area (Å²) in [4.78, 5) is 12.3. The lowest BCUT2D eigenvalue weighted by molar-refractivity contribution is -0.115. The van der Waals surface area contributed by atoms with Crippen molar-refractivity contribution in [2.45, 2.75) is 37.7 Å². The number of thioether (sulfide) groups is 1. The topological polar surface area (TPSA) is 96.5 Å². The minimum Gasteiger partial charge on any atom is -0.325 e. The Kier molecular flexibility index (Phi) is 5.71. The predicted molar refractivity (Wildman–Crippen MR) is 87.8 cm³/mol. The number of nitrogens with zero attached hydrogens (tertiary/aromatic N) is 5. The fourth-order valence-electron chi connectivity index (χ4n) is 1.86. The minimum absolute atomic E-state index is 0.163. The Hall–Kier alpha value is -2.40. The molecule has 1 aromatic carbocycles. The molecule has 0 aliphatic rings. The summed E-state index contributed by atoms with van der Waals surface area (Å²) in [7, 11) is 0. The largest absolute Gasteiger partial charge is 0.325 e. The Bertz CT molecular complexity index is 721. The molecule has 8 heteroatoms. The fraction of sp³-hybridized carbons (Fsp3) is 0.400. The quantitative estimate of drug-likeness (QED) is 0.817. The second-order valence-corrected chi connectivity index (χ2v) is 6.79. The van der Waals surface area contributed by atoms with Crippen LogP contribution < -0.4 is 5.32 Å². The van der Waals surface area contributed by atoms with Crippen molar-refractivity contribution in [2.75, 3.05) is 5.32 Å². The van der Waals surface area contributed by atoms with Gasteiger partial charge >= 0.3 is 0 Å². The molecule has 1 aromatic heterocycles. The molecule has 0 fully saturated rings. The average molecular weight is 330 g/mol. The zero-order valence-electron chi connectivity index (χ0n) is 13.2. The van der Waals surface area contributed by atoms with E-state index in [-0.39, 0.29) is 11.2 Å². The third-order valence-electron chi connectivity index (χ3n) is 2.95. The van der Waals surface area contributed by atoms with E-state index in [2.05, 4.69) is 34.7 Å². The van der Waals surface area contributed by atoms with Gasteiger partial charge in [0.15, 0.2) is 0 Å². The number of benzene rings is 1. The first-order valence-corrected chi connectivity index (χ1v) is 8.11. The lowest BCUT2D eigenvalue weighted by atomic mass is 10.2. The van der Waals surface area contributed by atoms with E-state index in [1.807, 2.05) is 6.07 Å². The standard InChI is InChI=1S/C15H18N6OS/c1-10(2)9-21-15(18-19-20-21)23-11(3)14(22)17-13-6-4-5-12(7-13)8-16/h4-7,10-11H,9H2,1-3H3,(H,17,22). The first kappa shape index (κ1) is 17.0. The highest BCUT2D eigenvalue weighted by molar-refractivity contribution is 8.00.